The van der Waals surface area contributed by atoms with Crippen LogP contribution in [0, 0.1) is 5.21 Å². The molecule has 1 unspecified atom stereocenters. The molecule has 1 saturated heterocycles. The molecule has 0 spiro atoms. The Morgan fingerprint density at radius 3 is 2.20 bits per heavy atom. The van der Waals surface area contributed by atoms with Gasteiger partial charge in [-0.3, -0.25) is 4.48 Å². The van der Waals surface area contributed by atoms with Gasteiger partial charge in [0.25, 0.3) is 0 Å². The van der Waals surface area contributed by atoms with Gasteiger partial charge in [-0.15, -0.1) is 0 Å². The van der Waals surface area contributed by atoms with Gasteiger partial charge in [0.05, 0.1) is 13.1 Å². The van der Waals surface area contributed by atoms with Gasteiger partial charge < -0.3 is 10.3 Å². The summed E-state index contributed by atoms with van der Waals surface area (Å²) < 4.78 is 1.03. The molecule has 0 bridgehead atoms. The molecule has 10 heavy (non-hydrogen) atoms. The van der Waals surface area contributed by atoms with Crippen LogP contribution in [0.3, 0.4) is 0 Å². The molecule has 1 fully saturated rings. The van der Waals surface area contributed by atoms with Gasteiger partial charge in [0.2, 0.25) is 6.67 Å². The van der Waals surface area contributed by atoms with Gasteiger partial charge in [-0.1, -0.05) is 0 Å². The fourth-order valence-electron chi connectivity index (χ4n) is 1.66. The molecule has 1 aliphatic heterocycles. The molecule has 0 aromatic heterocycles. The minimum absolute atomic E-state index is 0.448. The molecule has 0 aromatic carbocycles. The summed E-state index contributed by atoms with van der Waals surface area (Å²) >= 11 is 0. The van der Waals surface area contributed by atoms with E-state index in [2.05, 4.69) is 13.8 Å². The van der Waals surface area contributed by atoms with Crippen molar-refractivity contribution < 1.29 is 9.55 Å². The van der Waals surface area contributed by atoms with E-state index in [1.807, 2.05) is 0 Å². The Balaban J connectivity index is 2.51. The molecule has 3 heteroatoms. The van der Waals surface area contributed by atoms with Gasteiger partial charge >= 0.3 is 0 Å². The van der Waals surface area contributed by atoms with E-state index in [4.69, 9.17) is 0 Å². The van der Waals surface area contributed by atoms with E-state index >= 15 is 0 Å². The normalized spacial score (nSPS) is 30.9. The Labute approximate surface area is 62.4 Å². The van der Waals surface area contributed by atoms with Crippen molar-refractivity contribution in [2.24, 2.45) is 0 Å². The second kappa shape index (κ2) is 2.86. The van der Waals surface area contributed by atoms with E-state index < -0.39 is 0 Å². The van der Waals surface area contributed by atoms with E-state index in [1.54, 1.807) is 0 Å². The molecule has 60 valence electrons. The van der Waals surface area contributed by atoms with Crippen molar-refractivity contribution in [3.8, 4) is 0 Å². The number of hydrogen-bond acceptors (Lipinski definition) is 1. The minimum Gasteiger partial charge on any atom is -0.630 e. The summed E-state index contributed by atoms with van der Waals surface area (Å²) in [4.78, 5) is 0. The summed E-state index contributed by atoms with van der Waals surface area (Å²) in [6, 6.07) is 0. The highest BCUT2D eigenvalue weighted by Gasteiger charge is 2.32. The first-order chi connectivity index (χ1) is 4.72. The Morgan fingerprint density at radius 2 is 2.00 bits per heavy atom. The lowest BCUT2D eigenvalue weighted by molar-refractivity contribution is -1.02. The average molecular weight is 145 g/mol. The van der Waals surface area contributed by atoms with Crippen LogP contribution in [0.25, 0.3) is 0 Å². The number of rotatable bonds is 2. The molecular formula is C7H17N2O+. The number of likely N-dealkylation sites (N-methyl/N-ethyl adjacent to an activating group) is 1. The van der Waals surface area contributed by atoms with Crippen LogP contribution in [0.2, 0.25) is 0 Å². The molecule has 0 radical (unpaired) electrons. The van der Waals surface area contributed by atoms with Crippen molar-refractivity contribution >= 4 is 0 Å². The molecule has 1 heterocycles. The maximum Gasteiger partial charge on any atom is 0.206 e. The second-order valence-electron chi connectivity index (χ2n) is 3.14. The Morgan fingerprint density at radius 1 is 1.40 bits per heavy atom. The van der Waals surface area contributed by atoms with Crippen molar-refractivity contribution in [2.75, 3.05) is 32.8 Å². The maximum atomic E-state index is 11.0. The van der Waals surface area contributed by atoms with Gasteiger partial charge in [-0.05, 0) is 13.8 Å². The molecular weight excluding hydrogens is 128 g/mol. The zero-order valence-corrected chi connectivity index (χ0v) is 6.89. The monoisotopic (exact) mass is 145 g/mol. The van der Waals surface area contributed by atoms with Crippen LogP contribution < -0.4 is 5.06 Å². The number of nitrogens with zero attached hydrogens (tertiary/aromatic N) is 1. The first-order valence-electron chi connectivity index (χ1n) is 4.09. The van der Waals surface area contributed by atoms with Gasteiger partial charge in [-0.2, -0.15) is 0 Å². The zero-order valence-electron chi connectivity index (χ0n) is 6.89. The van der Waals surface area contributed by atoms with Crippen molar-refractivity contribution in [3.63, 3.8) is 0 Å². The van der Waals surface area contributed by atoms with Crippen LogP contribution in [-0.4, -0.2) is 37.3 Å². The molecule has 0 amide bonds. The molecule has 1 N–H and O–H groups in total. The Hall–Kier alpha value is -0.120. The van der Waals surface area contributed by atoms with E-state index in [0.29, 0.717) is 5.06 Å². The predicted molar refractivity (Wildman–Crippen MR) is 40.3 cm³/mol. The standard InChI is InChI=1S/C7H17N2O/c1-3-9(4-2)6-5-8(10)7-9/h8H,3-7H2,1-2H3/q+1. The molecule has 0 aromatic rings. The lowest BCUT2D eigenvalue weighted by Gasteiger charge is -2.29. The number of quaternary nitrogens is 2. The van der Waals surface area contributed by atoms with E-state index in [9.17, 15) is 5.21 Å². The maximum absolute atomic E-state index is 11.0. The third-order valence-electron chi connectivity index (χ3n) is 2.72. The number of nitrogens with one attached hydrogen (secondary N) is 1. The highest BCUT2D eigenvalue weighted by atomic mass is 16.5. The van der Waals surface area contributed by atoms with Crippen molar-refractivity contribution in [2.45, 2.75) is 13.8 Å². The predicted octanol–water partition coefficient (Wildman–Crippen LogP) is -0.803. The average Bonchev–Trinajstić information content (AvgIpc) is 2.33. The summed E-state index contributed by atoms with van der Waals surface area (Å²) in [7, 11) is 0. The van der Waals surface area contributed by atoms with Gasteiger partial charge in [0.1, 0.15) is 13.1 Å². The third kappa shape index (κ3) is 1.31. The van der Waals surface area contributed by atoms with Crippen LogP contribution >= 0.6 is 0 Å². The molecule has 1 atom stereocenters. The summed E-state index contributed by atoms with van der Waals surface area (Å²) in [5, 5.41) is 11.4. The first kappa shape index (κ1) is 7.98. The molecule has 0 aliphatic carbocycles. The summed E-state index contributed by atoms with van der Waals surface area (Å²) in [5.41, 5.74) is 0. The summed E-state index contributed by atoms with van der Waals surface area (Å²) in [5.74, 6) is 0. The van der Waals surface area contributed by atoms with Crippen molar-refractivity contribution in [1.82, 2.24) is 0 Å². The number of hydroxylamine groups is 2. The van der Waals surface area contributed by atoms with Crippen LogP contribution in [0.15, 0.2) is 0 Å². The van der Waals surface area contributed by atoms with E-state index in [-0.39, 0.29) is 0 Å². The van der Waals surface area contributed by atoms with Gasteiger partial charge in [-0.25, -0.2) is 0 Å². The zero-order chi connectivity index (χ0) is 7.61. The minimum atomic E-state index is 0.448. The Bertz CT molecular complexity index is 112. The lowest BCUT2D eigenvalue weighted by Crippen LogP contribution is -3.06. The SMILES string of the molecule is CC[N+]1(CC)CC[NH+]([O-])C1. The quantitative estimate of drug-likeness (QED) is 0.400. The molecule has 1 rings (SSSR count). The van der Waals surface area contributed by atoms with E-state index in [0.717, 1.165) is 37.3 Å². The number of hydrogen-bond donors (Lipinski definition) is 1. The second-order valence-corrected chi connectivity index (χ2v) is 3.14. The summed E-state index contributed by atoms with van der Waals surface area (Å²) in [6.45, 7) is 9.23. The van der Waals surface area contributed by atoms with Crippen LogP contribution in [0.4, 0.5) is 0 Å². The first-order valence-corrected chi connectivity index (χ1v) is 4.09. The van der Waals surface area contributed by atoms with Crippen LogP contribution in [0.5, 0.6) is 0 Å². The van der Waals surface area contributed by atoms with Crippen molar-refractivity contribution in [1.29, 1.82) is 0 Å². The summed E-state index contributed by atoms with van der Waals surface area (Å²) in [6.07, 6.45) is 0. The fraction of sp³-hybridized carbons (Fsp3) is 1.00. The van der Waals surface area contributed by atoms with Crippen LogP contribution in [0.1, 0.15) is 13.8 Å². The van der Waals surface area contributed by atoms with E-state index in [1.165, 1.54) is 0 Å². The highest BCUT2D eigenvalue weighted by molar-refractivity contribution is 4.40. The van der Waals surface area contributed by atoms with Gasteiger partial charge in [0, 0.05) is 0 Å². The third-order valence-corrected chi connectivity index (χ3v) is 2.72. The fourth-order valence-corrected chi connectivity index (χ4v) is 1.66. The Kier molecular flexibility index (Phi) is 2.28. The topological polar surface area (TPSA) is 27.5 Å². The van der Waals surface area contributed by atoms with Gasteiger partial charge in [0.15, 0.2) is 0 Å². The molecule has 0 saturated carbocycles. The lowest BCUT2D eigenvalue weighted by atomic mass is 10.4. The molecule has 1 aliphatic rings. The van der Waals surface area contributed by atoms with Crippen molar-refractivity contribution in [3.05, 3.63) is 5.21 Å². The highest BCUT2D eigenvalue weighted by Crippen LogP contribution is 2.04. The van der Waals surface area contributed by atoms with Crippen LogP contribution in [-0.2, 0) is 0 Å². The smallest absolute Gasteiger partial charge is 0.206 e. The largest absolute Gasteiger partial charge is 0.630 e. The molecule has 3 nitrogen and oxygen atoms in total.